The maximum atomic E-state index is 12.8. The van der Waals surface area contributed by atoms with Gasteiger partial charge in [0, 0.05) is 6.07 Å². The topological polar surface area (TPSA) is 92.2 Å². The Morgan fingerprint density at radius 1 is 1.06 bits per heavy atom. The molecule has 0 N–H and O–H groups in total. The van der Waals surface area contributed by atoms with Gasteiger partial charge in [-0.25, -0.2) is 14.8 Å². The Morgan fingerprint density at radius 2 is 1.89 bits per heavy atom. The van der Waals surface area contributed by atoms with Crippen LogP contribution in [0.2, 0.25) is 0 Å². The molecule has 2 aliphatic heterocycles. The van der Waals surface area contributed by atoms with E-state index in [0.717, 1.165) is 48.0 Å². The van der Waals surface area contributed by atoms with Gasteiger partial charge in [0.2, 0.25) is 5.88 Å². The summed E-state index contributed by atoms with van der Waals surface area (Å²) in [6.45, 7) is 2.13. The van der Waals surface area contributed by atoms with Crippen LogP contribution < -0.4 is 23.8 Å². The minimum atomic E-state index is -0.462. The molecule has 0 bridgehead atoms. The standard InChI is InChI=1S/C26H27N3O6/c1-31-19-3-4-21-20(13-19)24(28-16-27-21)34-14-17-6-8-26(9-7-17)15-29(25(30)35-26)18-2-5-22-23(12-18)33-11-10-32-22/h2-5,12-13,16-17H,6-11,14-15H2,1H3/t17-,26+. The fraction of sp³-hybridized carbons (Fsp3) is 0.423. The lowest BCUT2D eigenvalue weighted by Crippen LogP contribution is -2.39. The first-order valence-corrected chi connectivity index (χ1v) is 11.9. The number of fused-ring (bicyclic) bond motifs is 2. The number of anilines is 1. The van der Waals surface area contributed by atoms with Gasteiger partial charge in [-0.15, -0.1) is 0 Å². The number of hydrogen-bond acceptors (Lipinski definition) is 8. The minimum Gasteiger partial charge on any atom is -0.497 e. The molecule has 2 fully saturated rings. The number of aromatic nitrogens is 2. The Balaban J connectivity index is 1.09. The first-order chi connectivity index (χ1) is 17.1. The van der Waals surface area contributed by atoms with Gasteiger partial charge in [0.05, 0.1) is 36.9 Å². The Kier molecular flexibility index (Phi) is 5.47. The van der Waals surface area contributed by atoms with E-state index in [1.165, 1.54) is 6.33 Å². The highest BCUT2D eigenvalue weighted by Gasteiger charge is 2.48. The molecule has 0 radical (unpaired) electrons. The monoisotopic (exact) mass is 477 g/mol. The molecule has 1 amide bonds. The lowest BCUT2D eigenvalue weighted by Gasteiger charge is -2.35. The first kappa shape index (κ1) is 21.8. The number of carbonyl (C=O) groups is 1. The molecule has 3 aromatic rings. The highest BCUT2D eigenvalue weighted by atomic mass is 16.6. The fourth-order valence-electron chi connectivity index (χ4n) is 5.10. The predicted octanol–water partition coefficient (Wildman–Crippen LogP) is 4.37. The zero-order valence-corrected chi connectivity index (χ0v) is 19.6. The van der Waals surface area contributed by atoms with Crippen LogP contribution in [0.4, 0.5) is 10.5 Å². The third-order valence-corrected chi connectivity index (χ3v) is 7.09. The van der Waals surface area contributed by atoms with E-state index in [-0.39, 0.29) is 6.09 Å². The minimum absolute atomic E-state index is 0.308. The zero-order valence-electron chi connectivity index (χ0n) is 19.6. The van der Waals surface area contributed by atoms with Crippen molar-refractivity contribution in [2.75, 3.05) is 38.4 Å². The van der Waals surface area contributed by atoms with Crippen LogP contribution >= 0.6 is 0 Å². The summed E-state index contributed by atoms with van der Waals surface area (Å²) < 4.78 is 28.7. The van der Waals surface area contributed by atoms with Gasteiger partial charge in [0.25, 0.3) is 0 Å². The van der Waals surface area contributed by atoms with E-state index < -0.39 is 5.60 Å². The van der Waals surface area contributed by atoms with Crippen molar-refractivity contribution in [3.63, 3.8) is 0 Å². The average molecular weight is 478 g/mol. The highest BCUT2D eigenvalue weighted by Crippen LogP contribution is 2.42. The second-order valence-corrected chi connectivity index (χ2v) is 9.28. The van der Waals surface area contributed by atoms with Crippen molar-refractivity contribution >= 4 is 22.7 Å². The average Bonchev–Trinajstić information content (AvgIpc) is 3.23. The van der Waals surface area contributed by atoms with Gasteiger partial charge in [-0.3, -0.25) is 4.90 Å². The third-order valence-electron chi connectivity index (χ3n) is 7.09. The quantitative estimate of drug-likeness (QED) is 0.535. The van der Waals surface area contributed by atoms with E-state index in [0.29, 0.717) is 49.7 Å². The molecule has 35 heavy (non-hydrogen) atoms. The number of rotatable bonds is 5. The number of hydrogen-bond donors (Lipinski definition) is 0. The molecule has 1 aliphatic carbocycles. The molecule has 3 aliphatic rings. The number of benzene rings is 2. The number of nitrogens with zero attached hydrogens (tertiary/aromatic N) is 3. The van der Waals surface area contributed by atoms with E-state index in [1.54, 1.807) is 12.0 Å². The lowest BCUT2D eigenvalue weighted by atomic mass is 9.79. The second kappa shape index (κ2) is 8.79. The molecule has 1 spiro atoms. The van der Waals surface area contributed by atoms with E-state index in [1.807, 2.05) is 36.4 Å². The lowest BCUT2D eigenvalue weighted by molar-refractivity contribution is 0.00707. The van der Waals surface area contributed by atoms with Gasteiger partial charge < -0.3 is 23.7 Å². The Hall–Kier alpha value is -3.75. The number of ether oxygens (including phenoxy) is 5. The zero-order chi connectivity index (χ0) is 23.8. The Morgan fingerprint density at radius 3 is 2.71 bits per heavy atom. The van der Waals surface area contributed by atoms with Gasteiger partial charge in [-0.2, -0.15) is 0 Å². The van der Waals surface area contributed by atoms with Crippen molar-refractivity contribution in [3.05, 3.63) is 42.7 Å². The van der Waals surface area contributed by atoms with E-state index in [2.05, 4.69) is 9.97 Å². The normalized spacial score (nSPS) is 23.4. The summed E-state index contributed by atoms with van der Waals surface area (Å²) in [7, 11) is 1.63. The molecule has 0 unspecified atom stereocenters. The van der Waals surface area contributed by atoms with E-state index in [4.69, 9.17) is 23.7 Å². The highest BCUT2D eigenvalue weighted by molar-refractivity contribution is 5.91. The molecule has 1 saturated heterocycles. The summed E-state index contributed by atoms with van der Waals surface area (Å²) in [4.78, 5) is 23.1. The van der Waals surface area contributed by atoms with Gasteiger partial charge in [-0.05, 0) is 61.9 Å². The predicted molar refractivity (Wildman–Crippen MR) is 128 cm³/mol. The summed E-state index contributed by atoms with van der Waals surface area (Å²) in [5.41, 5.74) is 1.12. The van der Waals surface area contributed by atoms with Crippen molar-refractivity contribution in [1.82, 2.24) is 9.97 Å². The molecule has 9 nitrogen and oxygen atoms in total. The first-order valence-electron chi connectivity index (χ1n) is 11.9. The Bertz CT molecular complexity index is 1260. The maximum absolute atomic E-state index is 12.8. The molecule has 0 atom stereocenters. The molecular weight excluding hydrogens is 450 g/mol. The van der Waals surface area contributed by atoms with Gasteiger partial charge in [0.15, 0.2) is 11.5 Å². The van der Waals surface area contributed by atoms with Crippen molar-refractivity contribution < 1.29 is 28.5 Å². The summed E-state index contributed by atoms with van der Waals surface area (Å²) >= 11 is 0. The number of methoxy groups -OCH3 is 1. The van der Waals surface area contributed by atoms with E-state index in [9.17, 15) is 4.79 Å². The molecular formula is C26H27N3O6. The molecule has 3 heterocycles. The van der Waals surface area contributed by atoms with Crippen molar-refractivity contribution in [2.24, 2.45) is 5.92 Å². The number of amides is 1. The summed E-state index contributed by atoms with van der Waals surface area (Å²) in [6.07, 6.45) is 4.63. The van der Waals surface area contributed by atoms with Gasteiger partial charge in [0.1, 0.15) is 30.9 Å². The summed E-state index contributed by atoms with van der Waals surface area (Å²) in [5.74, 6) is 3.03. The Labute approximate surface area is 202 Å². The molecule has 1 saturated carbocycles. The van der Waals surface area contributed by atoms with Crippen LogP contribution in [0.15, 0.2) is 42.7 Å². The van der Waals surface area contributed by atoms with Crippen LogP contribution in [-0.4, -0.2) is 55.1 Å². The smallest absolute Gasteiger partial charge is 0.415 e. The molecule has 1 aromatic heterocycles. The molecule has 2 aromatic carbocycles. The molecule has 9 heteroatoms. The van der Waals surface area contributed by atoms with Crippen LogP contribution in [0.25, 0.3) is 10.9 Å². The van der Waals surface area contributed by atoms with Crippen LogP contribution in [0, 0.1) is 5.92 Å². The van der Waals surface area contributed by atoms with Crippen LogP contribution in [0.3, 0.4) is 0 Å². The SMILES string of the molecule is COc1ccc2ncnc(OC[C@H]3CC[C@@]4(CC3)CN(c3ccc5c(c3)OCCO5)C(=O)O4)c2c1. The van der Waals surface area contributed by atoms with Crippen LogP contribution in [0.5, 0.6) is 23.1 Å². The molecule has 182 valence electrons. The van der Waals surface area contributed by atoms with Crippen molar-refractivity contribution in [2.45, 2.75) is 31.3 Å². The van der Waals surface area contributed by atoms with E-state index >= 15 is 0 Å². The van der Waals surface area contributed by atoms with Gasteiger partial charge >= 0.3 is 6.09 Å². The third kappa shape index (κ3) is 4.15. The number of carbonyl (C=O) groups excluding carboxylic acids is 1. The summed E-state index contributed by atoms with van der Waals surface area (Å²) in [5, 5.41) is 0.832. The van der Waals surface area contributed by atoms with Crippen LogP contribution in [-0.2, 0) is 4.74 Å². The van der Waals surface area contributed by atoms with Crippen LogP contribution in [0.1, 0.15) is 25.7 Å². The molecule has 6 rings (SSSR count). The van der Waals surface area contributed by atoms with Crippen molar-refractivity contribution in [3.8, 4) is 23.1 Å². The largest absolute Gasteiger partial charge is 0.497 e. The maximum Gasteiger partial charge on any atom is 0.415 e. The second-order valence-electron chi connectivity index (χ2n) is 9.28. The fourth-order valence-corrected chi connectivity index (χ4v) is 5.10. The van der Waals surface area contributed by atoms with Gasteiger partial charge in [-0.1, -0.05) is 0 Å². The summed E-state index contributed by atoms with van der Waals surface area (Å²) in [6, 6.07) is 11.3. The van der Waals surface area contributed by atoms with Crippen molar-refractivity contribution in [1.29, 1.82) is 0 Å².